The fourth-order valence-corrected chi connectivity index (χ4v) is 2.78. The number of imidazole rings is 1. The minimum atomic E-state index is -0.576. The number of H-pyrrole nitrogens is 1. The Morgan fingerprint density at radius 1 is 1.21 bits per heavy atom. The van der Waals surface area contributed by atoms with Gasteiger partial charge in [0.05, 0.1) is 21.1 Å². The Bertz CT molecular complexity index is 978. The molecule has 1 aromatic heterocycles. The van der Waals surface area contributed by atoms with Crippen LogP contribution in [0.5, 0.6) is 0 Å². The number of aromatic nitrogens is 2. The third-order valence-electron chi connectivity index (χ3n) is 3.55. The Morgan fingerprint density at radius 2 is 1.92 bits per heavy atom. The Hall–Kier alpha value is -2.28. The topological polar surface area (TPSA) is 78.9 Å². The van der Waals surface area contributed by atoms with Crippen molar-refractivity contribution in [1.82, 2.24) is 14.9 Å². The number of rotatable bonds is 3. The number of carbonyl (C=O) groups excluding carboxylic acids is 1. The fourth-order valence-electron chi connectivity index (χ4n) is 2.46. The number of carbonyl (C=O) groups is 1. The molecule has 0 aliphatic carbocycles. The zero-order valence-corrected chi connectivity index (χ0v) is 14.2. The van der Waals surface area contributed by atoms with Crippen molar-refractivity contribution in [3.8, 4) is 0 Å². The van der Waals surface area contributed by atoms with E-state index in [9.17, 15) is 9.59 Å². The maximum absolute atomic E-state index is 12.6. The molecule has 0 fully saturated rings. The molecule has 0 saturated carbocycles. The first-order valence-electron chi connectivity index (χ1n) is 7.15. The standard InChI is InChI=1S/C16H14Cl2N4O2/c1-19-8-9-4-2-3-5-12(9)20-15(23)22-14-7-11(18)10(17)6-13(14)21-16(22)24/h2-7,19H,8H2,1H3,(H,20,23)(H,21,24). The number of anilines is 1. The van der Waals surface area contributed by atoms with E-state index in [1.807, 2.05) is 25.2 Å². The Kier molecular flexibility index (Phi) is 4.62. The number of halogens is 2. The van der Waals surface area contributed by atoms with E-state index in [0.29, 0.717) is 28.3 Å². The van der Waals surface area contributed by atoms with Gasteiger partial charge in [-0.15, -0.1) is 0 Å². The molecule has 2 aromatic carbocycles. The third kappa shape index (κ3) is 3.03. The van der Waals surface area contributed by atoms with E-state index >= 15 is 0 Å². The molecule has 3 N–H and O–H groups in total. The summed E-state index contributed by atoms with van der Waals surface area (Å²) in [4.78, 5) is 27.3. The SMILES string of the molecule is CNCc1ccccc1NC(=O)n1c(=O)[nH]c2cc(Cl)c(Cl)cc21. The van der Waals surface area contributed by atoms with Gasteiger partial charge in [0.1, 0.15) is 0 Å². The number of para-hydroxylation sites is 1. The Labute approximate surface area is 147 Å². The smallest absolute Gasteiger partial charge is 0.316 e. The molecule has 0 unspecified atom stereocenters. The van der Waals surface area contributed by atoms with Crippen molar-refractivity contribution in [1.29, 1.82) is 0 Å². The van der Waals surface area contributed by atoms with Crippen LogP contribution < -0.4 is 16.3 Å². The maximum atomic E-state index is 12.6. The molecule has 0 aliphatic rings. The first-order chi connectivity index (χ1) is 11.5. The van der Waals surface area contributed by atoms with Crippen LogP contribution in [0, 0.1) is 0 Å². The van der Waals surface area contributed by atoms with Crippen LogP contribution in [0.3, 0.4) is 0 Å². The van der Waals surface area contributed by atoms with Gasteiger partial charge in [-0.2, -0.15) is 0 Å². The molecule has 0 radical (unpaired) electrons. The summed E-state index contributed by atoms with van der Waals surface area (Å²) in [6, 6.07) is 9.77. The highest BCUT2D eigenvalue weighted by atomic mass is 35.5. The van der Waals surface area contributed by atoms with Crippen LogP contribution in [0.1, 0.15) is 5.56 Å². The average molecular weight is 365 g/mol. The molecule has 24 heavy (non-hydrogen) atoms. The second kappa shape index (κ2) is 6.68. The highest BCUT2D eigenvalue weighted by molar-refractivity contribution is 6.42. The van der Waals surface area contributed by atoms with Gasteiger partial charge in [-0.3, -0.25) is 0 Å². The molecule has 1 amide bonds. The molecule has 8 heteroatoms. The average Bonchev–Trinajstić information content (AvgIpc) is 2.85. The van der Waals surface area contributed by atoms with Gasteiger partial charge in [0.25, 0.3) is 0 Å². The van der Waals surface area contributed by atoms with Crippen molar-refractivity contribution in [2.45, 2.75) is 6.54 Å². The molecule has 0 saturated heterocycles. The Balaban J connectivity index is 2.02. The number of benzene rings is 2. The summed E-state index contributed by atoms with van der Waals surface area (Å²) in [7, 11) is 1.81. The van der Waals surface area contributed by atoms with Crippen molar-refractivity contribution in [3.63, 3.8) is 0 Å². The van der Waals surface area contributed by atoms with Gasteiger partial charge in [-0.25, -0.2) is 14.2 Å². The van der Waals surface area contributed by atoms with Gasteiger partial charge in [0, 0.05) is 12.2 Å². The minimum Gasteiger partial charge on any atom is -0.316 e. The lowest BCUT2D eigenvalue weighted by Crippen LogP contribution is -2.29. The largest absolute Gasteiger partial charge is 0.334 e. The molecule has 0 spiro atoms. The van der Waals surface area contributed by atoms with Crippen LogP contribution in [0.15, 0.2) is 41.2 Å². The summed E-state index contributed by atoms with van der Waals surface area (Å²) < 4.78 is 0.994. The van der Waals surface area contributed by atoms with Gasteiger partial charge in [-0.05, 0) is 30.8 Å². The summed E-state index contributed by atoms with van der Waals surface area (Å²) in [6.45, 7) is 0.584. The molecule has 6 nitrogen and oxygen atoms in total. The van der Waals surface area contributed by atoms with Crippen LogP contribution in [0.25, 0.3) is 11.0 Å². The van der Waals surface area contributed by atoms with E-state index < -0.39 is 11.7 Å². The zero-order chi connectivity index (χ0) is 17.3. The monoisotopic (exact) mass is 364 g/mol. The Morgan fingerprint density at radius 3 is 2.67 bits per heavy atom. The number of fused-ring (bicyclic) bond motifs is 1. The first kappa shape index (κ1) is 16.6. The van der Waals surface area contributed by atoms with E-state index in [1.54, 1.807) is 6.07 Å². The molecule has 3 aromatic rings. The van der Waals surface area contributed by atoms with Crippen LogP contribution >= 0.6 is 23.2 Å². The first-order valence-corrected chi connectivity index (χ1v) is 7.90. The molecule has 0 atom stereocenters. The number of hydrogen-bond donors (Lipinski definition) is 3. The highest BCUT2D eigenvalue weighted by Gasteiger charge is 2.16. The van der Waals surface area contributed by atoms with Gasteiger partial charge in [0.2, 0.25) is 0 Å². The molecular formula is C16H14Cl2N4O2. The van der Waals surface area contributed by atoms with Crippen molar-refractivity contribution >= 4 is 46.0 Å². The molecule has 0 aliphatic heterocycles. The second-order valence-corrected chi connectivity index (χ2v) is 5.98. The fraction of sp³-hybridized carbons (Fsp3) is 0.125. The summed E-state index contributed by atoms with van der Waals surface area (Å²) >= 11 is 11.9. The second-order valence-electron chi connectivity index (χ2n) is 5.17. The number of aromatic amines is 1. The van der Waals surface area contributed by atoms with E-state index in [4.69, 9.17) is 23.2 Å². The lowest BCUT2D eigenvalue weighted by atomic mass is 10.2. The lowest BCUT2D eigenvalue weighted by molar-refractivity contribution is 0.253. The zero-order valence-electron chi connectivity index (χ0n) is 12.7. The molecule has 1 heterocycles. The predicted molar refractivity (Wildman–Crippen MR) is 96.2 cm³/mol. The molecular weight excluding hydrogens is 351 g/mol. The summed E-state index contributed by atoms with van der Waals surface area (Å²) in [6.07, 6.45) is 0. The molecule has 124 valence electrons. The summed E-state index contributed by atoms with van der Waals surface area (Å²) in [5.74, 6) is 0. The number of nitrogens with one attached hydrogen (secondary N) is 3. The van der Waals surface area contributed by atoms with Gasteiger partial charge in [-0.1, -0.05) is 41.4 Å². The van der Waals surface area contributed by atoms with Crippen molar-refractivity contribution < 1.29 is 4.79 Å². The quantitative estimate of drug-likeness (QED) is 0.665. The normalized spacial score (nSPS) is 11.0. The van der Waals surface area contributed by atoms with Gasteiger partial charge >= 0.3 is 11.7 Å². The number of hydrogen-bond acceptors (Lipinski definition) is 3. The van der Waals surface area contributed by atoms with E-state index in [1.165, 1.54) is 12.1 Å². The molecule has 0 bridgehead atoms. The molecule has 3 rings (SSSR count). The number of amides is 1. The maximum Gasteiger partial charge on any atom is 0.334 e. The van der Waals surface area contributed by atoms with Crippen LogP contribution in [0.4, 0.5) is 10.5 Å². The lowest BCUT2D eigenvalue weighted by Gasteiger charge is -2.11. The third-order valence-corrected chi connectivity index (χ3v) is 4.28. The van der Waals surface area contributed by atoms with Crippen LogP contribution in [0.2, 0.25) is 10.0 Å². The van der Waals surface area contributed by atoms with E-state index in [0.717, 1.165) is 10.1 Å². The van der Waals surface area contributed by atoms with E-state index in [2.05, 4.69) is 15.6 Å². The minimum absolute atomic E-state index is 0.264. The van der Waals surface area contributed by atoms with Crippen molar-refractivity contribution in [3.05, 3.63) is 62.5 Å². The van der Waals surface area contributed by atoms with Crippen LogP contribution in [-0.4, -0.2) is 22.6 Å². The van der Waals surface area contributed by atoms with E-state index in [-0.39, 0.29) is 5.02 Å². The van der Waals surface area contributed by atoms with Crippen molar-refractivity contribution in [2.75, 3.05) is 12.4 Å². The predicted octanol–water partition coefficient (Wildman–Crippen LogP) is 3.44. The van der Waals surface area contributed by atoms with Crippen molar-refractivity contribution in [2.24, 2.45) is 0 Å². The summed E-state index contributed by atoms with van der Waals surface area (Å²) in [5.41, 5.74) is 1.76. The van der Waals surface area contributed by atoms with Gasteiger partial charge < -0.3 is 15.6 Å². The van der Waals surface area contributed by atoms with Crippen LogP contribution in [-0.2, 0) is 6.54 Å². The number of nitrogens with zero attached hydrogens (tertiary/aromatic N) is 1. The van der Waals surface area contributed by atoms with Gasteiger partial charge in [0.15, 0.2) is 0 Å². The summed E-state index contributed by atoms with van der Waals surface area (Å²) in [5, 5.41) is 6.35. The highest BCUT2D eigenvalue weighted by Crippen LogP contribution is 2.26.